The van der Waals surface area contributed by atoms with E-state index in [0.717, 1.165) is 36.4 Å². The molecule has 0 spiro atoms. The van der Waals surface area contributed by atoms with Gasteiger partial charge in [-0.05, 0) is 31.2 Å². The van der Waals surface area contributed by atoms with Crippen molar-refractivity contribution in [1.82, 2.24) is 4.90 Å². The molecule has 1 heterocycles. The van der Waals surface area contributed by atoms with Crippen LogP contribution in [0.4, 0.5) is 4.39 Å². The standard InChI is InChI=1S/C11H14FNO/c1-13-6-5-8-9(7-13)11(14-2)4-3-10(8)12/h3-4H,5-7H2,1-2H3. The Labute approximate surface area is 83.3 Å². The Balaban J connectivity index is 2.49. The molecule has 3 heteroatoms. The largest absolute Gasteiger partial charge is 0.496 e. The van der Waals surface area contributed by atoms with Crippen LogP contribution in [0.3, 0.4) is 0 Å². The molecule has 0 N–H and O–H groups in total. The van der Waals surface area contributed by atoms with E-state index in [2.05, 4.69) is 4.90 Å². The van der Waals surface area contributed by atoms with Gasteiger partial charge in [0.25, 0.3) is 0 Å². The molecule has 0 amide bonds. The fraction of sp³-hybridized carbons (Fsp3) is 0.455. The van der Waals surface area contributed by atoms with E-state index >= 15 is 0 Å². The summed E-state index contributed by atoms with van der Waals surface area (Å²) >= 11 is 0. The number of hydrogen-bond donors (Lipinski definition) is 0. The van der Waals surface area contributed by atoms with Gasteiger partial charge >= 0.3 is 0 Å². The van der Waals surface area contributed by atoms with E-state index in [9.17, 15) is 4.39 Å². The molecule has 0 saturated carbocycles. The number of rotatable bonds is 1. The molecule has 0 aliphatic carbocycles. The van der Waals surface area contributed by atoms with E-state index in [1.807, 2.05) is 7.05 Å². The number of ether oxygens (including phenoxy) is 1. The second-order valence-electron chi connectivity index (χ2n) is 3.69. The van der Waals surface area contributed by atoms with Crippen LogP contribution in [0.5, 0.6) is 5.75 Å². The van der Waals surface area contributed by atoms with Gasteiger partial charge in [-0.25, -0.2) is 4.39 Å². The van der Waals surface area contributed by atoms with Gasteiger partial charge in [-0.2, -0.15) is 0 Å². The van der Waals surface area contributed by atoms with E-state index in [0.29, 0.717) is 0 Å². The summed E-state index contributed by atoms with van der Waals surface area (Å²) in [7, 11) is 3.66. The zero-order valence-corrected chi connectivity index (χ0v) is 8.51. The highest BCUT2D eigenvalue weighted by Crippen LogP contribution is 2.29. The van der Waals surface area contributed by atoms with E-state index < -0.39 is 0 Å². The summed E-state index contributed by atoms with van der Waals surface area (Å²) in [5.41, 5.74) is 1.82. The predicted octanol–water partition coefficient (Wildman–Crippen LogP) is 1.82. The molecule has 76 valence electrons. The lowest BCUT2D eigenvalue weighted by Gasteiger charge is -2.26. The Kier molecular flexibility index (Phi) is 2.42. The lowest BCUT2D eigenvalue weighted by Crippen LogP contribution is -2.27. The summed E-state index contributed by atoms with van der Waals surface area (Å²) in [5, 5.41) is 0. The molecule has 0 atom stereocenters. The Hall–Kier alpha value is -1.09. The first-order valence-corrected chi connectivity index (χ1v) is 4.75. The van der Waals surface area contributed by atoms with Gasteiger partial charge in [-0.3, -0.25) is 0 Å². The van der Waals surface area contributed by atoms with Crippen LogP contribution < -0.4 is 4.74 Å². The maximum Gasteiger partial charge on any atom is 0.127 e. The maximum atomic E-state index is 13.4. The summed E-state index contributed by atoms with van der Waals surface area (Å²) in [5.74, 6) is 0.696. The minimum atomic E-state index is -0.103. The molecule has 1 aliphatic rings. The second kappa shape index (κ2) is 3.58. The van der Waals surface area contributed by atoms with Crippen molar-refractivity contribution in [3.63, 3.8) is 0 Å². The third-order valence-corrected chi connectivity index (χ3v) is 2.72. The van der Waals surface area contributed by atoms with E-state index in [4.69, 9.17) is 4.74 Å². The van der Waals surface area contributed by atoms with Crippen LogP contribution in [0.25, 0.3) is 0 Å². The van der Waals surface area contributed by atoms with Crippen molar-refractivity contribution in [3.05, 3.63) is 29.1 Å². The summed E-state index contributed by atoms with van der Waals surface area (Å²) in [4.78, 5) is 2.17. The number of benzene rings is 1. The molecule has 0 bridgehead atoms. The molecular weight excluding hydrogens is 181 g/mol. The van der Waals surface area contributed by atoms with Crippen molar-refractivity contribution < 1.29 is 9.13 Å². The van der Waals surface area contributed by atoms with Crippen LogP contribution in [-0.2, 0) is 13.0 Å². The van der Waals surface area contributed by atoms with Crippen LogP contribution in [0, 0.1) is 5.82 Å². The summed E-state index contributed by atoms with van der Waals surface area (Å²) in [6.45, 7) is 1.69. The van der Waals surface area contributed by atoms with Crippen LogP contribution in [0.2, 0.25) is 0 Å². The monoisotopic (exact) mass is 195 g/mol. The second-order valence-corrected chi connectivity index (χ2v) is 3.69. The molecule has 0 unspecified atom stereocenters. The highest BCUT2D eigenvalue weighted by Gasteiger charge is 2.20. The van der Waals surface area contributed by atoms with Crippen molar-refractivity contribution in [1.29, 1.82) is 0 Å². The molecule has 1 aliphatic heterocycles. The lowest BCUT2D eigenvalue weighted by atomic mass is 9.98. The number of fused-ring (bicyclic) bond motifs is 1. The first-order chi connectivity index (χ1) is 6.72. The summed E-state index contributed by atoms with van der Waals surface area (Å²) in [6, 6.07) is 3.19. The quantitative estimate of drug-likeness (QED) is 0.677. The van der Waals surface area contributed by atoms with Crippen molar-refractivity contribution in [3.8, 4) is 5.75 Å². The van der Waals surface area contributed by atoms with Crippen molar-refractivity contribution in [2.45, 2.75) is 13.0 Å². The van der Waals surface area contributed by atoms with Gasteiger partial charge in [0.05, 0.1) is 7.11 Å². The zero-order valence-electron chi connectivity index (χ0n) is 8.51. The van der Waals surface area contributed by atoms with Crippen LogP contribution in [-0.4, -0.2) is 25.6 Å². The third kappa shape index (κ3) is 1.48. The van der Waals surface area contributed by atoms with Gasteiger partial charge < -0.3 is 9.64 Å². The van der Waals surface area contributed by atoms with Gasteiger partial charge in [0, 0.05) is 18.7 Å². The highest BCUT2D eigenvalue weighted by atomic mass is 19.1. The van der Waals surface area contributed by atoms with Crippen LogP contribution >= 0.6 is 0 Å². The number of methoxy groups -OCH3 is 1. The van der Waals surface area contributed by atoms with Gasteiger partial charge in [0.2, 0.25) is 0 Å². The van der Waals surface area contributed by atoms with Gasteiger partial charge in [0.15, 0.2) is 0 Å². The molecule has 14 heavy (non-hydrogen) atoms. The highest BCUT2D eigenvalue weighted by molar-refractivity contribution is 5.42. The SMILES string of the molecule is COc1ccc(F)c2c1CN(C)CC2. The van der Waals surface area contributed by atoms with Crippen molar-refractivity contribution in [2.75, 3.05) is 20.7 Å². The Bertz CT molecular complexity index is 351. The molecule has 2 rings (SSSR count). The average molecular weight is 195 g/mol. The predicted molar refractivity (Wildman–Crippen MR) is 53.0 cm³/mol. The van der Waals surface area contributed by atoms with Crippen LogP contribution in [0.15, 0.2) is 12.1 Å². The minimum absolute atomic E-state index is 0.103. The Morgan fingerprint density at radius 2 is 2.14 bits per heavy atom. The fourth-order valence-electron chi connectivity index (χ4n) is 1.93. The van der Waals surface area contributed by atoms with Gasteiger partial charge in [0.1, 0.15) is 11.6 Å². The van der Waals surface area contributed by atoms with Crippen LogP contribution in [0.1, 0.15) is 11.1 Å². The summed E-state index contributed by atoms with van der Waals surface area (Å²) in [6.07, 6.45) is 0.773. The molecular formula is C11H14FNO. The molecule has 2 nitrogen and oxygen atoms in total. The van der Waals surface area contributed by atoms with Crippen molar-refractivity contribution >= 4 is 0 Å². The number of hydrogen-bond acceptors (Lipinski definition) is 2. The maximum absolute atomic E-state index is 13.4. The molecule has 0 radical (unpaired) electrons. The van der Waals surface area contributed by atoms with E-state index in [1.165, 1.54) is 6.07 Å². The first-order valence-electron chi connectivity index (χ1n) is 4.75. The topological polar surface area (TPSA) is 12.5 Å². The van der Waals surface area contributed by atoms with Gasteiger partial charge in [-0.1, -0.05) is 0 Å². The number of halogens is 1. The average Bonchev–Trinajstić information content (AvgIpc) is 2.18. The molecule has 1 aromatic rings. The normalized spacial score (nSPS) is 16.5. The van der Waals surface area contributed by atoms with Gasteiger partial charge in [-0.15, -0.1) is 0 Å². The fourth-order valence-corrected chi connectivity index (χ4v) is 1.93. The third-order valence-electron chi connectivity index (χ3n) is 2.72. The Morgan fingerprint density at radius 3 is 2.86 bits per heavy atom. The molecule has 1 aromatic carbocycles. The number of nitrogens with zero attached hydrogens (tertiary/aromatic N) is 1. The number of likely N-dealkylation sites (N-methyl/N-ethyl adjacent to an activating group) is 1. The first kappa shape index (κ1) is 9.46. The zero-order chi connectivity index (χ0) is 10.1. The summed E-state index contributed by atoms with van der Waals surface area (Å²) < 4.78 is 18.7. The van der Waals surface area contributed by atoms with E-state index in [1.54, 1.807) is 13.2 Å². The lowest BCUT2D eigenvalue weighted by molar-refractivity contribution is 0.297. The Morgan fingerprint density at radius 1 is 1.36 bits per heavy atom. The molecule has 0 saturated heterocycles. The molecule has 0 aromatic heterocycles. The minimum Gasteiger partial charge on any atom is -0.496 e. The van der Waals surface area contributed by atoms with E-state index in [-0.39, 0.29) is 5.82 Å². The molecule has 0 fully saturated rings. The van der Waals surface area contributed by atoms with Crippen molar-refractivity contribution in [2.24, 2.45) is 0 Å². The smallest absolute Gasteiger partial charge is 0.127 e.